The predicted octanol–water partition coefficient (Wildman–Crippen LogP) is 4.11. The molecule has 2 atom stereocenters. The summed E-state index contributed by atoms with van der Waals surface area (Å²) >= 11 is 0. The van der Waals surface area contributed by atoms with E-state index in [9.17, 15) is 9.59 Å². The molecular formula is C25H27NO5. The van der Waals surface area contributed by atoms with Crippen LogP contribution < -0.4 is 19.5 Å². The lowest BCUT2D eigenvalue weighted by Crippen LogP contribution is -2.38. The fourth-order valence-electron chi connectivity index (χ4n) is 4.58. The molecule has 2 aromatic rings. The third kappa shape index (κ3) is 4.15. The lowest BCUT2D eigenvalue weighted by molar-refractivity contribution is -0.122. The minimum absolute atomic E-state index is 0.0279. The van der Waals surface area contributed by atoms with Gasteiger partial charge in [-0.25, -0.2) is 0 Å². The van der Waals surface area contributed by atoms with Crippen molar-refractivity contribution >= 4 is 11.7 Å². The number of hydrogen-bond acceptors (Lipinski definition) is 5. The Morgan fingerprint density at radius 2 is 1.74 bits per heavy atom. The van der Waals surface area contributed by atoms with Gasteiger partial charge in [0.05, 0.1) is 20.8 Å². The van der Waals surface area contributed by atoms with Crippen molar-refractivity contribution in [2.45, 2.75) is 38.0 Å². The third-order valence-corrected chi connectivity index (χ3v) is 5.99. The minimum atomic E-state index is -0.247. The van der Waals surface area contributed by atoms with E-state index in [1.165, 1.54) is 0 Å². The van der Waals surface area contributed by atoms with Crippen molar-refractivity contribution in [3.63, 3.8) is 0 Å². The number of hydrogen-bond donors (Lipinski definition) is 1. The fourth-order valence-corrected chi connectivity index (χ4v) is 4.58. The Balaban J connectivity index is 1.67. The molecule has 6 nitrogen and oxygen atoms in total. The number of ether oxygens (including phenoxy) is 3. The SMILES string of the molecule is CCOc1cccc(C2CC(=O)NC3=C2C(=O)CC(c2ccc(OC)c(OC)c2)C3)c1. The van der Waals surface area contributed by atoms with Crippen LogP contribution in [0.1, 0.15) is 49.1 Å². The summed E-state index contributed by atoms with van der Waals surface area (Å²) in [5.41, 5.74) is 3.39. The van der Waals surface area contributed by atoms with E-state index in [1.807, 2.05) is 49.4 Å². The Morgan fingerprint density at radius 3 is 2.48 bits per heavy atom. The second kappa shape index (κ2) is 8.84. The Hall–Kier alpha value is -3.28. The van der Waals surface area contributed by atoms with E-state index in [1.54, 1.807) is 14.2 Å². The van der Waals surface area contributed by atoms with Crippen LogP contribution in [-0.4, -0.2) is 32.5 Å². The monoisotopic (exact) mass is 421 g/mol. The van der Waals surface area contributed by atoms with Crippen molar-refractivity contribution in [3.05, 3.63) is 64.9 Å². The van der Waals surface area contributed by atoms with Gasteiger partial charge in [-0.3, -0.25) is 9.59 Å². The zero-order chi connectivity index (χ0) is 22.0. The Morgan fingerprint density at radius 1 is 0.935 bits per heavy atom. The number of carbonyl (C=O) groups excluding carboxylic acids is 2. The molecule has 0 fully saturated rings. The number of Topliss-reactive ketones (excluding diaryl/α,β-unsaturated/α-hetero) is 1. The lowest BCUT2D eigenvalue weighted by atomic mass is 9.73. The van der Waals surface area contributed by atoms with Gasteiger partial charge < -0.3 is 19.5 Å². The van der Waals surface area contributed by atoms with Gasteiger partial charge >= 0.3 is 0 Å². The number of ketones is 1. The summed E-state index contributed by atoms with van der Waals surface area (Å²) in [7, 11) is 3.19. The van der Waals surface area contributed by atoms with Crippen molar-refractivity contribution in [2.75, 3.05) is 20.8 Å². The highest BCUT2D eigenvalue weighted by Crippen LogP contribution is 2.44. The van der Waals surface area contributed by atoms with Crippen LogP contribution in [0.25, 0.3) is 0 Å². The van der Waals surface area contributed by atoms with Crippen LogP contribution in [0.15, 0.2) is 53.7 Å². The molecule has 1 aliphatic carbocycles. The minimum Gasteiger partial charge on any atom is -0.494 e. The summed E-state index contributed by atoms with van der Waals surface area (Å²) in [5, 5.41) is 2.97. The summed E-state index contributed by atoms with van der Waals surface area (Å²) in [6, 6.07) is 13.4. The summed E-state index contributed by atoms with van der Waals surface area (Å²) in [4.78, 5) is 25.8. The zero-order valence-electron chi connectivity index (χ0n) is 18.1. The standard InChI is InChI=1S/C25H27NO5/c1-4-31-18-7-5-6-16(10-18)19-14-24(28)26-20-11-17(12-21(27)25(19)20)15-8-9-22(29-2)23(13-15)30-3/h5-10,13,17,19H,4,11-12,14H2,1-3H3,(H,26,28). The second-order valence-electron chi connectivity index (χ2n) is 7.85. The van der Waals surface area contributed by atoms with Crippen LogP contribution in [0.2, 0.25) is 0 Å². The van der Waals surface area contributed by atoms with Crippen molar-refractivity contribution in [2.24, 2.45) is 0 Å². The number of benzene rings is 2. The van der Waals surface area contributed by atoms with E-state index in [0.717, 1.165) is 28.1 Å². The van der Waals surface area contributed by atoms with Gasteiger partial charge in [0.2, 0.25) is 5.91 Å². The summed E-state index contributed by atoms with van der Waals surface area (Å²) < 4.78 is 16.4. The molecular weight excluding hydrogens is 394 g/mol. The fraction of sp³-hybridized carbons (Fsp3) is 0.360. The van der Waals surface area contributed by atoms with Crippen LogP contribution >= 0.6 is 0 Å². The van der Waals surface area contributed by atoms with Crippen LogP contribution in [0.4, 0.5) is 0 Å². The van der Waals surface area contributed by atoms with Crippen LogP contribution in [0, 0.1) is 0 Å². The molecule has 0 bridgehead atoms. The maximum atomic E-state index is 13.3. The van der Waals surface area contributed by atoms with Gasteiger partial charge in [0.1, 0.15) is 5.75 Å². The van der Waals surface area contributed by atoms with Crippen molar-refractivity contribution < 1.29 is 23.8 Å². The number of amides is 1. The molecule has 1 aliphatic heterocycles. The van der Waals surface area contributed by atoms with Crippen molar-refractivity contribution in [3.8, 4) is 17.2 Å². The molecule has 6 heteroatoms. The smallest absolute Gasteiger partial charge is 0.225 e. The molecule has 1 N–H and O–H groups in total. The van der Waals surface area contributed by atoms with E-state index >= 15 is 0 Å². The van der Waals surface area contributed by atoms with Gasteiger partial charge in [0, 0.05) is 30.0 Å². The molecule has 0 spiro atoms. The first kappa shape index (κ1) is 21.0. The average Bonchev–Trinajstić information content (AvgIpc) is 2.78. The molecule has 2 unspecified atom stereocenters. The number of allylic oxidation sites excluding steroid dienone is 2. The first-order chi connectivity index (χ1) is 15.0. The van der Waals surface area contributed by atoms with Crippen LogP contribution in [0.3, 0.4) is 0 Å². The highest BCUT2D eigenvalue weighted by atomic mass is 16.5. The normalized spacial score (nSPS) is 20.7. The quantitative estimate of drug-likeness (QED) is 0.760. The van der Waals surface area contributed by atoms with Crippen LogP contribution in [-0.2, 0) is 9.59 Å². The molecule has 31 heavy (non-hydrogen) atoms. The number of methoxy groups -OCH3 is 2. The summed E-state index contributed by atoms with van der Waals surface area (Å²) in [6.45, 7) is 2.49. The highest BCUT2D eigenvalue weighted by Gasteiger charge is 2.38. The van der Waals surface area contributed by atoms with E-state index in [0.29, 0.717) is 30.9 Å². The lowest BCUT2D eigenvalue weighted by Gasteiger charge is -2.34. The van der Waals surface area contributed by atoms with Crippen molar-refractivity contribution in [1.29, 1.82) is 0 Å². The summed E-state index contributed by atoms with van der Waals surface area (Å²) in [6.07, 6.45) is 1.26. The van der Waals surface area contributed by atoms with Gasteiger partial charge in [-0.1, -0.05) is 18.2 Å². The maximum Gasteiger partial charge on any atom is 0.225 e. The van der Waals surface area contributed by atoms with Crippen LogP contribution in [0.5, 0.6) is 17.2 Å². The molecule has 162 valence electrons. The molecule has 1 heterocycles. The number of carbonyl (C=O) groups is 2. The molecule has 2 aromatic carbocycles. The molecule has 0 saturated carbocycles. The third-order valence-electron chi connectivity index (χ3n) is 5.99. The second-order valence-corrected chi connectivity index (χ2v) is 7.85. The van der Waals surface area contributed by atoms with E-state index in [-0.39, 0.29) is 29.9 Å². The van der Waals surface area contributed by atoms with Gasteiger partial charge in [-0.05, 0) is 54.7 Å². The van der Waals surface area contributed by atoms with E-state index in [4.69, 9.17) is 14.2 Å². The average molecular weight is 421 g/mol. The first-order valence-corrected chi connectivity index (χ1v) is 10.5. The predicted molar refractivity (Wildman–Crippen MR) is 117 cm³/mol. The molecule has 2 aliphatic rings. The first-order valence-electron chi connectivity index (χ1n) is 10.5. The molecule has 0 saturated heterocycles. The molecule has 1 amide bonds. The Kier molecular flexibility index (Phi) is 5.98. The number of rotatable bonds is 6. The highest BCUT2D eigenvalue weighted by molar-refractivity contribution is 6.02. The van der Waals surface area contributed by atoms with E-state index in [2.05, 4.69) is 5.32 Å². The zero-order valence-corrected chi connectivity index (χ0v) is 18.1. The number of nitrogens with one attached hydrogen (secondary N) is 1. The largest absolute Gasteiger partial charge is 0.494 e. The molecule has 0 aromatic heterocycles. The Bertz CT molecular complexity index is 1040. The van der Waals surface area contributed by atoms with Gasteiger partial charge in [-0.15, -0.1) is 0 Å². The van der Waals surface area contributed by atoms with Gasteiger partial charge in [-0.2, -0.15) is 0 Å². The molecule has 0 radical (unpaired) electrons. The molecule has 4 rings (SSSR count). The van der Waals surface area contributed by atoms with Gasteiger partial charge in [0.25, 0.3) is 0 Å². The topological polar surface area (TPSA) is 73.9 Å². The van der Waals surface area contributed by atoms with Crippen molar-refractivity contribution in [1.82, 2.24) is 5.32 Å². The summed E-state index contributed by atoms with van der Waals surface area (Å²) in [5.74, 6) is 1.76. The Labute approximate surface area is 182 Å². The van der Waals surface area contributed by atoms with Gasteiger partial charge in [0.15, 0.2) is 17.3 Å². The van der Waals surface area contributed by atoms with E-state index < -0.39 is 0 Å². The maximum absolute atomic E-state index is 13.3.